The Morgan fingerprint density at radius 1 is 1.16 bits per heavy atom. The smallest absolute Gasteiger partial charge is 0.238 e. The highest BCUT2D eigenvalue weighted by Crippen LogP contribution is 2.36. The number of aromatic nitrogens is 3. The van der Waals surface area contributed by atoms with E-state index in [1.54, 1.807) is 30.4 Å². The van der Waals surface area contributed by atoms with Crippen LogP contribution in [-0.4, -0.2) is 65.4 Å². The van der Waals surface area contributed by atoms with E-state index in [1.807, 2.05) is 37.4 Å². The molecule has 3 aromatic rings. The predicted molar refractivity (Wildman–Crippen MR) is 122 cm³/mol. The van der Waals surface area contributed by atoms with Crippen molar-refractivity contribution in [2.75, 3.05) is 50.1 Å². The number of hydrogen-bond donors (Lipinski definition) is 1. The molecule has 0 aliphatic carbocycles. The largest absolute Gasteiger partial charge is 0.496 e. The highest BCUT2D eigenvalue weighted by atomic mass is 35.5. The van der Waals surface area contributed by atoms with Crippen molar-refractivity contribution in [1.82, 2.24) is 19.7 Å². The van der Waals surface area contributed by atoms with E-state index in [0.29, 0.717) is 23.0 Å². The molecule has 0 bridgehead atoms. The Morgan fingerprint density at radius 2 is 1.90 bits per heavy atom. The monoisotopic (exact) mass is 440 g/mol. The van der Waals surface area contributed by atoms with Crippen LogP contribution in [0.4, 0.5) is 11.4 Å². The Kier molecular flexibility index (Phi) is 6.39. The first kappa shape index (κ1) is 21.1. The summed E-state index contributed by atoms with van der Waals surface area (Å²) in [6.07, 6.45) is 5.20. The molecule has 0 radical (unpaired) electrons. The second kappa shape index (κ2) is 9.36. The fourth-order valence-corrected chi connectivity index (χ4v) is 4.07. The lowest BCUT2D eigenvalue weighted by Gasteiger charge is -2.35. The van der Waals surface area contributed by atoms with Gasteiger partial charge in [0.1, 0.15) is 5.75 Å². The zero-order valence-electron chi connectivity index (χ0n) is 17.6. The number of nitrogens with zero attached hydrogens (tertiary/aromatic N) is 5. The number of anilines is 2. The number of pyridine rings is 1. The van der Waals surface area contributed by atoms with Gasteiger partial charge in [0.25, 0.3) is 0 Å². The number of halogens is 1. The summed E-state index contributed by atoms with van der Waals surface area (Å²) in [5, 5.41) is 7.71. The first-order valence-electron chi connectivity index (χ1n) is 10.1. The molecule has 1 saturated heterocycles. The van der Waals surface area contributed by atoms with Crippen LogP contribution in [0.1, 0.15) is 0 Å². The first-order chi connectivity index (χ1) is 15.0. The van der Waals surface area contributed by atoms with E-state index in [4.69, 9.17) is 16.3 Å². The minimum Gasteiger partial charge on any atom is -0.496 e. The van der Waals surface area contributed by atoms with Gasteiger partial charge < -0.3 is 15.0 Å². The van der Waals surface area contributed by atoms with Gasteiger partial charge >= 0.3 is 0 Å². The van der Waals surface area contributed by atoms with Gasteiger partial charge in [-0.15, -0.1) is 0 Å². The van der Waals surface area contributed by atoms with Gasteiger partial charge in [0.05, 0.1) is 30.6 Å². The van der Waals surface area contributed by atoms with Crippen molar-refractivity contribution in [2.45, 2.75) is 0 Å². The van der Waals surface area contributed by atoms with Crippen molar-refractivity contribution in [3.8, 4) is 17.0 Å². The van der Waals surface area contributed by atoms with Gasteiger partial charge in [-0.1, -0.05) is 11.6 Å². The van der Waals surface area contributed by atoms with E-state index in [-0.39, 0.29) is 5.91 Å². The van der Waals surface area contributed by atoms with Gasteiger partial charge in [-0.25, -0.2) is 0 Å². The summed E-state index contributed by atoms with van der Waals surface area (Å²) in [6.45, 7) is 3.76. The first-order valence-corrected chi connectivity index (χ1v) is 10.5. The van der Waals surface area contributed by atoms with Gasteiger partial charge in [-0.05, 0) is 30.3 Å². The van der Waals surface area contributed by atoms with Crippen LogP contribution in [0.3, 0.4) is 0 Å². The van der Waals surface area contributed by atoms with Crippen LogP contribution < -0.4 is 15.0 Å². The summed E-state index contributed by atoms with van der Waals surface area (Å²) in [5.74, 6) is 0.611. The van der Waals surface area contributed by atoms with E-state index in [2.05, 4.69) is 25.2 Å². The van der Waals surface area contributed by atoms with Crippen LogP contribution in [0.25, 0.3) is 11.3 Å². The van der Waals surface area contributed by atoms with Crippen LogP contribution in [-0.2, 0) is 11.8 Å². The molecule has 4 rings (SSSR count). The molecule has 0 saturated carbocycles. The number of aryl methyl sites for hydroxylation is 1. The molecule has 162 valence electrons. The van der Waals surface area contributed by atoms with Crippen molar-refractivity contribution < 1.29 is 9.53 Å². The Morgan fingerprint density at radius 3 is 2.55 bits per heavy atom. The van der Waals surface area contributed by atoms with Crippen LogP contribution in [0, 0.1) is 0 Å². The zero-order chi connectivity index (χ0) is 21.8. The Bertz CT molecular complexity index is 1030. The summed E-state index contributed by atoms with van der Waals surface area (Å²) < 4.78 is 7.17. The number of benzene rings is 1. The number of hydrogen-bond acceptors (Lipinski definition) is 6. The number of ether oxygens (including phenoxy) is 1. The van der Waals surface area contributed by atoms with Crippen molar-refractivity contribution in [1.29, 1.82) is 0 Å². The molecule has 1 aliphatic heterocycles. The summed E-state index contributed by atoms with van der Waals surface area (Å²) in [5.41, 5.74) is 3.37. The maximum atomic E-state index is 12.7. The van der Waals surface area contributed by atoms with Gasteiger partial charge in [0.2, 0.25) is 5.91 Å². The second-order valence-corrected chi connectivity index (χ2v) is 7.80. The number of rotatable bonds is 6. The maximum absolute atomic E-state index is 12.7. The Labute approximate surface area is 186 Å². The number of piperazine rings is 1. The molecule has 1 amide bonds. The van der Waals surface area contributed by atoms with E-state index in [9.17, 15) is 4.79 Å². The van der Waals surface area contributed by atoms with Gasteiger partial charge in [0.15, 0.2) is 0 Å². The van der Waals surface area contributed by atoms with Crippen LogP contribution in [0.15, 0.2) is 48.9 Å². The molecule has 31 heavy (non-hydrogen) atoms. The molecule has 0 spiro atoms. The van der Waals surface area contributed by atoms with Crippen molar-refractivity contribution in [3.05, 3.63) is 53.9 Å². The minimum absolute atomic E-state index is 0.0513. The fraction of sp³-hybridized carbons (Fsp3) is 0.318. The standard InChI is InChI=1S/C22H25ClN6O2/c1-27-22(19(23)14-25-27)18-13-16(3-4-20(18)31-2)26-21(30)15-28-9-11-29(12-10-28)17-5-7-24-8-6-17/h3-8,13-14H,9-12,15H2,1-2H3,(H,26,30). The van der Waals surface area contributed by atoms with E-state index < -0.39 is 0 Å². The topological polar surface area (TPSA) is 75.5 Å². The van der Waals surface area contributed by atoms with Crippen LogP contribution in [0.2, 0.25) is 5.02 Å². The molecule has 0 unspecified atom stereocenters. The lowest BCUT2D eigenvalue weighted by molar-refractivity contribution is -0.117. The lowest BCUT2D eigenvalue weighted by atomic mass is 10.1. The summed E-state index contributed by atoms with van der Waals surface area (Å²) in [4.78, 5) is 21.2. The molecule has 0 atom stereocenters. The van der Waals surface area contributed by atoms with E-state index in [1.165, 1.54) is 5.69 Å². The molecular formula is C22H25ClN6O2. The van der Waals surface area contributed by atoms with Crippen LogP contribution >= 0.6 is 11.6 Å². The molecule has 8 nitrogen and oxygen atoms in total. The molecule has 9 heteroatoms. The maximum Gasteiger partial charge on any atom is 0.238 e. The minimum atomic E-state index is -0.0513. The number of amides is 1. The van der Waals surface area contributed by atoms with Gasteiger partial charge in [-0.3, -0.25) is 19.4 Å². The normalized spacial score (nSPS) is 14.5. The number of methoxy groups -OCH3 is 1. The molecule has 1 fully saturated rings. The van der Waals surface area contributed by atoms with Gasteiger partial charge in [0, 0.05) is 62.6 Å². The van der Waals surface area contributed by atoms with Crippen LogP contribution in [0.5, 0.6) is 5.75 Å². The molecule has 3 heterocycles. The Hall–Kier alpha value is -3.10. The highest BCUT2D eigenvalue weighted by Gasteiger charge is 2.20. The third-order valence-electron chi connectivity index (χ3n) is 5.40. The average molecular weight is 441 g/mol. The molecule has 2 aromatic heterocycles. The molecule has 1 aliphatic rings. The van der Waals surface area contributed by atoms with Crippen molar-refractivity contribution in [2.24, 2.45) is 7.05 Å². The molecular weight excluding hydrogens is 416 g/mol. The van der Waals surface area contributed by atoms with Crippen molar-refractivity contribution in [3.63, 3.8) is 0 Å². The molecule has 1 aromatic carbocycles. The van der Waals surface area contributed by atoms with Crippen molar-refractivity contribution >= 4 is 28.9 Å². The third-order valence-corrected chi connectivity index (χ3v) is 5.68. The number of nitrogens with one attached hydrogen (secondary N) is 1. The number of carbonyl (C=O) groups excluding carboxylic acids is 1. The summed E-state index contributed by atoms with van der Waals surface area (Å²) in [7, 11) is 3.42. The van der Waals surface area contributed by atoms with Gasteiger partial charge in [-0.2, -0.15) is 5.10 Å². The highest BCUT2D eigenvalue weighted by molar-refractivity contribution is 6.33. The third kappa shape index (κ3) is 4.81. The summed E-state index contributed by atoms with van der Waals surface area (Å²) in [6, 6.07) is 9.53. The Balaban J connectivity index is 1.39. The van der Waals surface area contributed by atoms with E-state index >= 15 is 0 Å². The molecule has 1 N–H and O–H groups in total. The zero-order valence-corrected chi connectivity index (χ0v) is 18.3. The fourth-order valence-electron chi connectivity index (χ4n) is 3.81. The summed E-state index contributed by atoms with van der Waals surface area (Å²) >= 11 is 6.31. The predicted octanol–water partition coefficient (Wildman–Crippen LogP) is 2.90. The lowest BCUT2D eigenvalue weighted by Crippen LogP contribution is -2.48. The quantitative estimate of drug-likeness (QED) is 0.635. The number of carbonyl (C=O) groups is 1. The second-order valence-electron chi connectivity index (χ2n) is 7.40. The average Bonchev–Trinajstić information content (AvgIpc) is 3.12. The SMILES string of the molecule is COc1ccc(NC(=O)CN2CCN(c3ccncc3)CC2)cc1-c1c(Cl)cnn1C. The van der Waals surface area contributed by atoms with E-state index in [0.717, 1.165) is 37.4 Å².